The molecule has 0 aromatic rings. The molecule has 0 saturated heterocycles. The molecule has 0 aliphatic rings. The van der Waals surface area contributed by atoms with Gasteiger partial charge in [0.1, 0.15) is 0 Å². The van der Waals surface area contributed by atoms with Gasteiger partial charge in [-0.25, -0.2) is 0 Å². The van der Waals surface area contributed by atoms with Crippen LogP contribution in [0, 0.1) is 0 Å². The minimum Gasteiger partial charge on any atom is -0.343 e. The summed E-state index contributed by atoms with van der Waals surface area (Å²) in [7, 11) is 1.51. The van der Waals surface area contributed by atoms with Crippen LogP contribution in [0.15, 0.2) is 0 Å². The summed E-state index contributed by atoms with van der Waals surface area (Å²) in [6, 6.07) is 0. The van der Waals surface area contributed by atoms with E-state index in [1.54, 1.807) is 0 Å². The van der Waals surface area contributed by atoms with Crippen LogP contribution >= 0.6 is 0 Å². The van der Waals surface area contributed by atoms with Gasteiger partial charge in [-0.15, -0.1) is 0 Å². The Morgan fingerprint density at radius 3 is 1.89 bits per heavy atom. The quantitative estimate of drug-likeness (QED) is 0.564. The fraction of sp³-hybridized carbons (Fsp3) is 1.00. The highest BCUT2D eigenvalue weighted by Gasteiger charge is 2.13. The summed E-state index contributed by atoms with van der Waals surface area (Å²) in [4.78, 5) is 0. The molecule has 0 fully saturated rings. The zero-order valence-corrected chi connectivity index (χ0v) is 6.47. The van der Waals surface area contributed by atoms with Crippen molar-refractivity contribution in [1.82, 2.24) is 0 Å². The molecule has 0 spiro atoms. The van der Waals surface area contributed by atoms with Gasteiger partial charge >= 0.3 is 0 Å². The molecule has 56 valence electrons. The first-order valence-corrected chi connectivity index (χ1v) is 2.92. The van der Waals surface area contributed by atoms with Crippen molar-refractivity contribution >= 4 is 0 Å². The van der Waals surface area contributed by atoms with Crippen molar-refractivity contribution in [3.63, 3.8) is 0 Å². The number of ether oxygens (including phenoxy) is 2. The number of methoxy groups -OCH3 is 1. The van der Waals surface area contributed by atoms with Crippen LogP contribution in [0.4, 0.5) is 0 Å². The predicted octanol–water partition coefficient (Wildman–Crippen LogP) is 0.690. The molecule has 1 unspecified atom stereocenters. The first-order valence-electron chi connectivity index (χ1n) is 2.92. The molecule has 0 aromatic heterocycles. The van der Waals surface area contributed by atoms with Crippen LogP contribution in [-0.4, -0.2) is 19.1 Å². The Hall–Kier alpha value is -0.120. The zero-order valence-electron chi connectivity index (χ0n) is 6.47. The molecule has 0 rings (SSSR count). The minimum atomic E-state index is -0.606. The van der Waals surface area contributed by atoms with Crippen molar-refractivity contribution in [2.45, 2.75) is 32.8 Å². The van der Waals surface area contributed by atoms with Gasteiger partial charge in [0, 0.05) is 7.11 Å². The number of hydrogen-bond acceptors (Lipinski definition) is 3. The van der Waals surface area contributed by atoms with E-state index < -0.39 is 6.41 Å². The highest BCUT2D eigenvalue weighted by atomic mass is 16.7. The zero-order chi connectivity index (χ0) is 7.49. The molecule has 2 N–H and O–H groups in total. The van der Waals surface area contributed by atoms with Crippen LogP contribution in [0.5, 0.6) is 0 Å². The largest absolute Gasteiger partial charge is 0.343 e. The van der Waals surface area contributed by atoms with E-state index in [0.29, 0.717) is 0 Å². The van der Waals surface area contributed by atoms with E-state index in [9.17, 15) is 0 Å². The molecule has 1 atom stereocenters. The van der Waals surface area contributed by atoms with Gasteiger partial charge < -0.3 is 9.47 Å². The van der Waals surface area contributed by atoms with E-state index in [4.69, 9.17) is 10.5 Å². The highest BCUT2D eigenvalue weighted by Crippen LogP contribution is 2.07. The Balaban J connectivity index is 3.47. The van der Waals surface area contributed by atoms with Crippen LogP contribution < -0.4 is 5.73 Å². The van der Waals surface area contributed by atoms with Gasteiger partial charge in [0.05, 0.1) is 5.60 Å². The summed E-state index contributed by atoms with van der Waals surface area (Å²) in [5.74, 6) is 0. The number of rotatable bonds is 2. The van der Waals surface area contributed by atoms with Crippen LogP contribution in [0.1, 0.15) is 20.8 Å². The molecule has 0 aliphatic heterocycles. The normalized spacial score (nSPS) is 15.7. The van der Waals surface area contributed by atoms with E-state index in [-0.39, 0.29) is 5.60 Å². The Morgan fingerprint density at radius 2 is 1.78 bits per heavy atom. The average molecular weight is 133 g/mol. The molecule has 0 saturated carbocycles. The third-order valence-electron chi connectivity index (χ3n) is 0.702. The van der Waals surface area contributed by atoms with E-state index in [2.05, 4.69) is 4.74 Å². The molecule has 3 nitrogen and oxygen atoms in total. The fourth-order valence-electron chi connectivity index (χ4n) is 0.397. The van der Waals surface area contributed by atoms with Gasteiger partial charge in [-0.3, -0.25) is 5.73 Å². The SMILES string of the molecule is COC(N)OC(C)(C)C. The van der Waals surface area contributed by atoms with Crippen molar-refractivity contribution in [3.05, 3.63) is 0 Å². The summed E-state index contributed by atoms with van der Waals surface area (Å²) in [5, 5.41) is 0. The standard InChI is InChI=1S/C6H15NO2/c1-6(2,3)9-5(7)8-4/h5H,7H2,1-4H3. The lowest BCUT2D eigenvalue weighted by Crippen LogP contribution is -2.34. The smallest absolute Gasteiger partial charge is 0.213 e. The highest BCUT2D eigenvalue weighted by molar-refractivity contribution is 4.58. The lowest BCUT2D eigenvalue weighted by atomic mass is 10.2. The molecule has 3 heteroatoms. The summed E-state index contributed by atoms with van der Waals surface area (Å²) in [6.07, 6.45) is -0.606. The third kappa shape index (κ3) is 5.76. The Kier molecular flexibility index (Phi) is 3.11. The third-order valence-corrected chi connectivity index (χ3v) is 0.702. The van der Waals surface area contributed by atoms with Crippen LogP contribution in [-0.2, 0) is 9.47 Å². The lowest BCUT2D eigenvalue weighted by molar-refractivity contribution is -0.178. The second-order valence-corrected chi connectivity index (χ2v) is 2.83. The van der Waals surface area contributed by atoms with Crippen molar-refractivity contribution in [1.29, 1.82) is 0 Å². The summed E-state index contributed by atoms with van der Waals surface area (Å²) < 4.78 is 9.82. The van der Waals surface area contributed by atoms with Gasteiger partial charge in [-0.2, -0.15) is 0 Å². The lowest BCUT2D eigenvalue weighted by Gasteiger charge is -2.23. The topological polar surface area (TPSA) is 44.5 Å². The van der Waals surface area contributed by atoms with Crippen molar-refractivity contribution < 1.29 is 9.47 Å². The molecule has 0 aliphatic carbocycles. The molecule has 9 heavy (non-hydrogen) atoms. The average Bonchev–Trinajstić information content (AvgIpc) is 1.62. The van der Waals surface area contributed by atoms with Crippen molar-refractivity contribution in [2.24, 2.45) is 5.73 Å². The molecule has 0 bridgehead atoms. The van der Waals surface area contributed by atoms with Gasteiger partial charge in [-0.1, -0.05) is 0 Å². The molecule has 0 radical (unpaired) electrons. The molecular formula is C6H15NO2. The molecular weight excluding hydrogens is 118 g/mol. The number of hydrogen-bond donors (Lipinski definition) is 1. The molecule has 0 aromatic carbocycles. The van der Waals surface area contributed by atoms with Gasteiger partial charge in [0.15, 0.2) is 0 Å². The second kappa shape index (κ2) is 3.15. The minimum absolute atomic E-state index is 0.227. The first-order chi connectivity index (χ1) is 3.95. The monoisotopic (exact) mass is 133 g/mol. The van der Waals surface area contributed by atoms with E-state index in [1.807, 2.05) is 20.8 Å². The first kappa shape index (κ1) is 8.88. The number of nitrogens with two attached hydrogens (primary N) is 1. The van der Waals surface area contributed by atoms with Crippen LogP contribution in [0.25, 0.3) is 0 Å². The maximum Gasteiger partial charge on any atom is 0.213 e. The summed E-state index contributed by atoms with van der Waals surface area (Å²) >= 11 is 0. The Morgan fingerprint density at radius 1 is 1.33 bits per heavy atom. The van der Waals surface area contributed by atoms with Gasteiger partial charge in [0.25, 0.3) is 0 Å². The maximum atomic E-state index is 5.31. The van der Waals surface area contributed by atoms with Crippen molar-refractivity contribution in [3.8, 4) is 0 Å². The Bertz CT molecular complexity index is 77.6. The summed E-state index contributed by atoms with van der Waals surface area (Å²) in [6.45, 7) is 5.77. The molecule has 0 amide bonds. The van der Waals surface area contributed by atoms with E-state index >= 15 is 0 Å². The van der Waals surface area contributed by atoms with Crippen LogP contribution in [0.2, 0.25) is 0 Å². The Labute approximate surface area is 56.1 Å². The van der Waals surface area contributed by atoms with Crippen molar-refractivity contribution in [2.75, 3.05) is 7.11 Å². The maximum absolute atomic E-state index is 5.31. The van der Waals surface area contributed by atoms with Gasteiger partial charge in [0.2, 0.25) is 6.41 Å². The fourth-order valence-corrected chi connectivity index (χ4v) is 0.397. The summed E-state index contributed by atoms with van der Waals surface area (Å²) in [5.41, 5.74) is 5.09. The molecule has 0 heterocycles. The predicted molar refractivity (Wildman–Crippen MR) is 35.8 cm³/mol. The van der Waals surface area contributed by atoms with E-state index in [1.165, 1.54) is 7.11 Å². The van der Waals surface area contributed by atoms with E-state index in [0.717, 1.165) is 0 Å². The van der Waals surface area contributed by atoms with Crippen LogP contribution in [0.3, 0.4) is 0 Å². The second-order valence-electron chi connectivity index (χ2n) is 2.83. The van der Waals surface area contributed by atoms with Gasteiger partial charge in [-0.05, 0) is 20.8 Å².